The molecule has 9 heteroatoms. The van der Waals surface area contributed by atoms with Crippen LogP contribution < -0.4 is 14.8 Å². The van der Waals surface area contributed by atoms with Gasteiger partial charge in [0.2, 0.25) is 10.0 Å². The van der Waals surface area contributed by atoms with Crippen molar-refractivity contribution in [1.29, 1.82) is 0 Å². The van der Waals surface area contributed by atoms with Gasteiger partial charge in [0.05, 0.1) is 10.9 Å². The molecule has 0 bridgehead atoms. The number of carbonyl (C=O) groups is 1. The SMILES string of the molecule is Cc1ccc(S(=O)(=O)NC2CC2)cc1C(=O)NC(C)c1cccc(OC(F)F)c1. The number of amides is 1. The summed E-state index contributed by atoms with van der Waals surface area (Å²) in [5.74, 6) is -0.465. The second-order valence-electron chi connectivity index (χ2n) is 7.02. The molecule has 0 spiro atoms. The molecule has 0 aromatic heterocycles. The van der Waals surface area contributed by atoms with Crippen LogP contribution in [-0.4, -0.2) is 27.0 Å². The maximum atomic E-state index is 12.7. The number of aryl methyl sites for hydroxylation is 1. The van der Waals surface area contributed by atoms with Gasteiger partial charge >= 0.3 is 6.61 Å². The summed E-state index contributed by atoms with van der Waals surface area (Å²) in [6, 6.07) is 9.89. The van der Waals surface area contributed by atoms with Gasteiger partial charge in [0.1, 0.15) is 5.75 Å². The Kier molecular flexibility index (Phi) is 6.18. The number of nitrogens with one attached hydrogen (secondary N) is 2. The van der Waals surface area contributed by atoms with Gasteiger partial charge in [-0.05, 0) is 62.1 Å². The molecule has 1 fully saturated rings. The van der Waals surface area contributed by atoms with E-state index < -0.39 is 28.6 Å². The Morgan fingerprint density at radius 3 is 2.55 bits per heavy atom. The first-order chi connectivity index (χ1) is 13.7. The Morgan fingerprint density at radius 2 is 1.90 bits per heavy atom. The number of rotatable bonds is 8. The standard InChI is InChI=1S/C20H22F2N2O4S/c1-12-6-9-17(29(26,27)24-15-7-8-15)11-18(12)19(25)23-13(2)14-4-3-5-16(10-14)28-20(21)22/h3-6,9-11,13,15,20,24H,7-8H2,1-2H3,(H,23,25). The van der Waals surface area contributed by atoms with E-state index in [0.29, 0.717) is 11.1 Å². The van der Waals surface area contributed by atoms with Crippen molar-refractivity contribution in [3.8, 4) is 5.75 Å². The summed E-state index contributed by atoms with van der Waals surface area (Å²) in [5, 5.41) is 2.77. The summed E-state index contributed by atoms with van der Waals surface area (Å²) in [6.07, 6.45) is 1.62. The van der Waals surface area contributed by atoms with Crippen molar-refractivity contribution in [2.75, 3.05) is 0 Å². The molecule has 6 nitrogen and oxygen atoms in total. The second kappa shape index (κ2) is 8.46. The third-order valence-corrected chi connectivity index (χ3v) is 6.11. The molecule has 1 saturated carbocycles. The Balaban J connectivity index is 1.77. The molecule has 3 rings (SSSR count). The minimum absolute atomic E-state index is 0.00554. The van der Waals surface area contributed by atoms with Gasteiger partial charge in [-0.25, -0.2) is 13.1 Å². The molecule has 2 N–H and O–H groups in total. The first kappa shape index (κ1) is 21.2. The number of benzene rings is 2. The molecule has 2 aromatic rings. The predicted molar refractivity (Wildman–Crippen MR) is 103 cm³/mol. The van der Waals surface area contributed by atoms with E-state index in [1.807, 2.05) is 0 Å². The van der Waals surface area contributed by atoms with E-state index in [2.05, 4.69) is 14.8 Å². The average molecular weight is 424 g/mol. The Bertz CT molecular complexity index is 1010. The largest absolute Gasteiger partial charge is 0.435 e. The topological polar surface area (TPSA) is 84.5 Å². The van der Waals surface area contributed by atoms with Crippen LogP contribution in [0.15, 0.2) is 47.4 Å². The highest BCUT2D eigenvalue weighted by atomic mass is 32.2. The molecule has 0 radical (unpaired) electrons. The van der Waals surface area contributed by atoms with Crippen LogP contribution in [0.25, 0.3) is 0 Å². The third kappa shape index (κ3) is 5.51. The van der Waals surface area contributed by atoms with E-state index in [0.717, 1.165) is 12.8 Å². The average Bonchev–Trinajstić information content (AvgIpc) is 3.44. The lowest BCUT2D eigenvalue weighted by atomic mass is 10.1. The Hall–Kier alpha value is -2.52. The smallest absolute Gasteiger partial charge is 0.387 e. The lowest BCUT2D eigenvalue weighted by molar-refractivity contribution is -0.0499. The molecule has 0 saturated heterocycles. The molecule has 0 heterocycles. The van der Waals surface area contributed by atoms with Gasteiger partial charge in [-0.3, -0.25) is 4.79 Å². The molecule has 156 valence electrons. The maximum Gasteiger partial charge on any atom is 0.387 e. The first-order valence-corrected chi connectivity index (χ1v) is 10.6. The van der Waals surface area contributed by atoms with Gasteiger partial charge in [-0.1, -0.05) is 18.2 Å². The van der Waals surface area contributed by atoms with E-state index in [9.17, 15) is 22.0 Å². The lowest BCUT2D eigenvalue weighted by Crippen LogP contribution is -2.29. The Labute approximate surface area is 168 Å². The number of hydrogen-bond acceptors (Lipinski definition) is 4. The van der Waals surface area contributed by atoms with Crippen LogP contribution in [0, 0.1) is 6.92 Å². The van der Waals surface area contributed by atoms with Crippen LogP contribution in [0.4, 0.5) is 8.78 Å². The molecule has 1 amide bonds. The molecule has 1 aliphatic carbocycles. The fraction of sp³-hybridized carbons (Fsp3) is 0.350. The molecule has 1 atom stereocenters. The fourth-order valence-corrected chi connectivity index (χ4v) is 4.15. The molecule has 1 unspecified atom stereocenters. The van der Waals surface area contributed by atoms with Crippen LogP contribution in [0.2, 0.25) is 0 Å². The molecule has 0 aliphatic heterocycles. The van der Waals surface area contributed by atoms with E-state index in [1.54, 1.807) is 32.0 Å². The van der Waals surface area contributed by atoms with Crippen molar-refractivity contribution in [2.24, 2.45) is 0 Å². The number of hydrogen-bond donors (Lipinski definition) is 2. The van der Waals surface area contributed by atoms with Gasteiger partial charge < -0.3 is 10.1 Å². The number of ether oxygens (including phenoxy) is 1. The van der Waals surface area contributed by atoms with Gasteiger partial charge in [0, 0.05) is 11.6 Å². The molecule has 1 aliphatic rings. The van der Waals surface area contributed by atoms with Crippen LogP contribution in [-0.2, 0) is 10.0 Å². The summed E-state index contributed by atoms with van der Waals surface area (Å²) >= 11 is 0. The summed E-state index contributed by atoms with van der Waals surface area (Å²) in [5.41, 5.74) is 1.43. The minimum Gasteiger partial charge on any atom is -0.435 e. The van der Waals surface area contributed by atoms with Crippen LogP contribution in [0.5, 0.6) is 5.75 Å². The fourth-order valence-electron chi connectivity index (χ4n) is 2.82. The highest BCUT2D eigenvalue weighted by Gasteiger charge is 2.28. The second-order valence-corrected chi connectivity index (χ2v) is 8.73. The molecular weight excluding hydrogens is 402 g/mol. The van der Waals surface area contributed by atoms with Crippen molar-refractivity contribution in [3.63, 3.8) is 0 Å². The monoisotopic (exact) mass is 424 g/mol. The van der Waals surface area contributed by atoms with Gasteiger partial charge in [0.25, 0.3) is 5.91 Å². The number of alkyl halides is 2. The highest BCUT2D eigenvalue weighted by molar-refractivity contribution is 7.89. The lowest BCUT2D eigenvalue weighted by Gasteiger charge is -2.17. The van der Waals surface area contributed by atoms with E-state index in [4.69, 9.17) is 0 Å². The number of carbonyl (C=O) groups excluding carboxylic acids is 1. The maximum absolute atomic E-state index is 12.7. The first-order valence-electron chi connectivity index (χ1n) is 9.14. The summed E-state index contributed by atoms with van der Waals surface area (Å²) in [6.45, 7) is 0.470. The molecular formula is C20H22F2N2O4S. The quantitative estimate of drug-likeness (QED) is 0.679. The van der Waals surface area contributed by atoms with Gasteiger partial charge in [-0.2, -0.15) is 8.78 Å². The minimum atomic E-state index is -3.69. The number of halogens is 2. The van der Waals surface area contributed by atoms with Crippen molar-refractivity contribution >= 4 is 15.9 Å². The van der Waals surface area contributed by atoms with Crippen molar-refractivity contribution in [3.05, 3.63) is 59.2 Å². The van der Waals surface area contributed by atoms with Crippen LogP contribution in [0.1, 0.15) is 47.3 Å². The van der Waals surface area contributed by atoms with Gasteiger partial charge in [0.15, 0.2) is 0 Å². The third-order valence-electron chi connectivity index (χ3n) is 4.59. The van der Waals surface area contributed by atoms with Crippen molar-refractivity contribution in [1.82, 2.24) is 10.0 Å². The van der Waals surface area contributed by atoms with Crippen molar-refractivity contribution in [2.45, 2.75) is 50.3 Å². The molecule has 2 aromatic carbocycles. The zero-order valence-electron chi connectivity index (χ0n) is 16.0. The van der Waals surface area contributed by atoms with Crippen LogP contribution in [0.3, 0.4) is 0 Å². The van der Waals surface area contributed by atoms with E-state index in [-0.39, 0.29) is 22.3 Å². The summed E-state index contributed by atoms with van der Waals surface area (Å²) < 4.78 is 56.6. The number of sulfonamides is 1. The van der Waals surface area contributed by atoms with Crippen molar-refractivity contribution < 1.29 is 26.7 Å². The highest BCUT2D eigenvalue weighted by Crippen LogP contribution is 2.24. The zero-order chi connectivity index (χ0) is 21.2. The Morgan fingerprint density at radius 1 is 1.17 bits per heavy atom. The summed E-state index contributed by atoms with van der Waals surface area (Å²) in [7, 11) is -3.69. The molecule has 29 heavy (non-hydrogen) atoms. The summed E-state index contributed by atoms with van der Waals surface area (Å²) in [4.78, 5) is 12.8. The van der Waals surface area contributed by atoms with E-state index in [1.165, 1.54) is 24.3 Å². The van der Waals surface area contributed by atoms with E-state index >= 15 is 0 Å². The predicted octanol–water partition coefficient (Wildman–Crippen LogP) is 3.53. The zero-order valence-corrected chi connectivity index (χ0v) is 16.8. The normalized spacial score (nSPS) is 15.2. The van der Waals surface area contributed by atoms with Gasteiger partial charge in [-0.15, -0.1) is 0 Å². The van der Waals surface area contributed by atoms with Crippen LogP contribution >= 0.6 is 0 Å².